The number of methoxy groups -OCH3 is 3. The Bertz CT molecular complexity index is 7310. The predicted octanol–water partition coefficient (Wildman–Crippen LogP) is 19.2. The minimum absolute atomic E-state index is 0.00287. The standard InChI is InChI=1S/C31H37FN2O3S.C30H35FN2O3S.C29H37FN4O3S.C28H35FN4O3S/c1-21-9-5-6-10-30(21)38(35,36)33-17-7-8-18-34-28(19-33)31(29(34)20-37-4)25-13-11-24(12-14-25)26-15-16-27(32)23(3)22(26)2;1-20-8-4-5-9-29(20)37(35,36)32-16-6-7-17-33-27(18-32)30(28(33)19-34)24-12-10-23(11-13-24)25-14-15-26(31)22(3)21(25)2;1-19-20(2)25(30)13-12-24(19)22-8-10-23(11-9-22)29-26-17-33(14-6-7-15-34(26)27(29)18-37-5)38(35,36)28-16-31-21(3)32(28)4;1-19-20(2)24(29)12-11-23(19)21-7-9-22(10-8-21)27-25-17-32(37(34,35)28-30-13-16-31(28)3)14-5-6-15-33(25)26(27)18-36-4/h5-6,9-16,28-29,31H,7-8,17-20H2,1-4H3;4-5,8-15,27-28,30,34H,6-7,16-19H2,1-3H3;8-13,16,26-27,29H,6-7,14-15,17-18H2,1-5H3;7-13,16,25-27H,5-6,14-15,17-18H2,1-4H3/t28?,29-,31+;27?,28-,30+;26?,27-,29+;25?,26-,27+/m1111/s1. The van der Waals surface area contributed by atoms with Crippen molar-refractivity contribution in [1.29, 1.82) is 0 Å². The minimum Gasteiger partial charge on any atom is -0.395 e. The smallest absolute Gasteiger partial charge is 0.277 e. The molecule has 0 amide bonds. The first-order chi connectivity index (χ1) is 71.8. The number of fused-ring (bicyclic) bond motifs is 4. The lowest BCUT2D eigenvalue weighted by molar-refractivity contribution is -0.0635. The minimum atomic E-state index is -3.71. The molecule has 8 aliphatic heterocycles. The van der Waals surface area contributed by atoms with Crippen molar-refractivity contribution in [3.63, 3.8) is 0 Å². The first-order valence-corrected chi connectivity index (χ1v) is 58.2. The van der Waals surface area contributed by atoms with Crippen LogP contribution < -0.4 is 0 Å². The van der Waals surface area contributed by atoms with E-state index in [1.165, 1.54) is 53.3 Å². The fourth-order valence-corrected chi connectivity index (χ4v) is 31.1. The molecule has 8 saturated heterocycles. The van der Waals surface area contributed by atoms with E-state index in [2.05, 4.69) is 127 Å². The Morgan fingerprint density at radius 2 is 0.600 bits per heavy atom. The van der Waals surface area contributed by atoms with Crippen LogP contribution in [-0.4, -0.2) is 269 Å². The molecule has 800 valence electrons. The Labute approximate surface area is 884 Å². The molecule has 12 atom stereocenters. The summed E-state index contributed by atoms with van der Waals surface area (Å²) in [5, 5.41) is 10.6. The molecule has 150 heavy (non-hydrogen) atoms. The average molecular weight is 2130 g/mol. The molecular formula is C118H144F4N12O12S4. The predicted molar refractivity (Wildman–Crippen MR) is 582 cm³/mol. The highest BCUT2D eigenvalue weighted by molar-refractivity contribution is 7.90. The summed E-state index contributed by atoms with van der Waals surface area (Å²) in [6, 6.07) is 62.2. The number of aliphatic hydroxyl groups is 1. The summed E-state index contributed by atoms with van der Waals surface area (Å²) in [6.45, 7) is 29.7. The summed E-state index contributed by atoms with van der Waals surface area (Å²) in [4.78, 5) is 18.7. The molecule has 0 spiro atoms. The molecule has 10 aromatic carbocycles. The van der Waals surface area contributed by atoms with Crippen molar-refractivity contribution in [2.75, 3.05) is 126 Å². The molecule has 8 aliphatic rings. The molecule has 20 rings (SSSR count). The zero-order valence-corrected chi connectivity index (χ0v) is 92.3. The number of sulfonamides is 4. The number of benzene rings is 10. The Balaban J connectivity index is 0.000000136. The van der Waals surface area contributed by atoms with Crippen molar-refractivity contribution in [1.82, 2.24) is 55.9 Å². The van der Waals surface area contributed by atoms with Gasteiger partial charge >= 0.3 is 0 Å². The number of aliphatic hydroxyl groups excluding tert-OH is 1. The summed E-state index contributed by atoms with van der Waals surface area (Å²) in [5.41, 5.74) is 20.8. The van der Waals surface area contributed by atoms with Gasteiger partial charge in [-0.1, -0.05) is 158 Å². The lowest BCUT2D eigenvalue weighted by Gasteiger charge is -2.57. The van der Waals surface area contributed by atoms with Crippen LogP contribution in [0.4, 0.5) is 17.6 Å². The maximum Gasteiger partial charge on any atom is 0.277 e. The van der Waals surface area contributed by atoms with Gasteiger partial charge in [-0.3, -0.25) is 19.6 Å². The molecule has 0 radical (unpaired) electrons. The molecule has 0 saturated carbocycles. The van der Waals surface area contributed by atoms with Gasteiger partial charge in [0.15, 0.2) is 5.03 Å². The highest BCUT2D eigenvalue weighted by Gasteiger charge is 2.56. The van der Waals surface area contributed by atoms with Crippen molar-refractivity contribution in [2.45, 2.75) is 220 Å². The summed E-state index contributed by atoms with van der Waals surface area (Å²) >= 11 is 0. The second kappa shape index (κ2) is 46.9. The average Bonchev–Trinajstić information content (AvgIpc) is 0.761. The first-order valence-electron chi connectivity index (χ1n) is 52.5. The lowest BCUT2D eigenvalue weighted by atomic mass is 9.74. The van der Waals surface area contributed by atoms with Crippen LogP contribution >= 0.6 is 0 Å². The van der Waals surface area contributed by atoms with Crippen molar-refractivity contribution in [3.05, 3.63) is 320 Å². The first kappa shape index (κ1) is 111. The second-order valence-corrected chi connectivity index (χ2v) is 49.4. The zero-order chi connectivity index (χ0) is 107. The number of aryl methyl sites for hydroxylation is 4. The Morgan fingerprint density at radius 3 is 0.867 bits per heavy atom. The van der Waals surface area contributed by atoms with E-state index < -0.39 is 40.1 Å². The van der Waals surface area contributed by atoms with Crippen LogP contribution in [0.25, 0.3) is 44.5 Å². The van der Waals surface area contributed by atoms with Gasteiger partial charge in [-0.15, -0.1) is 0 Å². The van der Waals surface area contributed by atoms with Crippen LogP contribution in [0.3, 0.4) is 0 Å². The van der Waals surface area contributed by atoms with Crippen molar-refractivity contribution in [2.24, 2.45) is 14.1 Å². The topological polar surface area (TPSA) is 246 Å². The quantitative estimate of drug-likeness (QED) is 0.0585. The number of hydrogen-bond donors (Lipinski definition) is 1. The molecule has 0 bridgehead atoms. The Kier molecular flexibility index (Phi) is 34.7. The van der Waals surface area contributed by atoms with Gasteiger partial charge in [0, 0.05) is 172 Å². The van der Waals surface area contributed by atoms with E-state index in [1.807, 2.05) is 111 Å². The van der Waals surface area contributed by atoms with Gasteiger partial charge in [0.25, 0.3) is 20.0 Å². The van der Waals surface area contributed by atoms with Gasteiger partial charge in [0.2, 0.25) is 25.2 Å². The van der Waals surface area contributed by atoms with Crippen LogP contribution in [0, 0.1) is 99.4 Å². The van der Waals surface area contributed by atoms with E-state index >= 15 is 0 Å². The van der Waals surface area contributed by atoms with Gasteiger partial charge in [0.05, 0.1) is 42.4 Å². The second-order valence-electron chi connectivity index (χ2n) is 41.8. The Morgan fingerprint density at radius 1 is 0.327 bits per heavy atom. The summed E-state index contributed by atoms with van der Waals surface area (Å²) in [5.74, 6) is 0.378. The summed E-state index contributed by atoms with van der Waals surface area (Å²) in [7, 11) is -5.99. The molecular weight excluding hydrogens is 1980 g/mol. The van der Waals surface area contributed by atoms with Crippen LogP contribution in [0.5, 0.6) is 0 Å². The molecule has 24 nitrogen and oxygen atoms in total. The maximum atomic E-state index is 14.0. The largest absolute Gasteiger partial charge is 0.395 e. The van der Waals surface area contributed by atoms with Crippen molar-refractivity contribution < 1.29 is 70.5 Å². The van der Waals surface area contributed by atoms with Crippen LogP contribution in [0.2, 0.25) is 0 Å². The number of aromatic nitrogens is 4. The van der Waals surface area contributed by atoms with Gasteiger partial charge in [-0.25, -0.2) is 61.2 Å². The van der Waals surface area contributed by atoms with Gasteiger partial charge < -0.3 is 28.5 Å². The fraction of sp³-hybridized carbons (Fsp3) is 0.441. The van der Waals surface area contributed by atoms with Crippen molar-refractivity contribution >= 4 is 40.1 Å². The number of nitrogens with zero attached hydrogens (tertiary/aromatic N) is 12. The van der Waals surface area contributed by atoms with Gasteiger partial charge in [0.1, 0.15) is 29.1 Å². The third-order valence-corrected chi connectivity index (χ3v) is 41.5. The monoisotopic (exact) mass is 2120 g/mol. The van der Waals surface area contributed by atoms with Crippen LogP contribution in [-0.2, 0) is 68.4 Å². The van der Waals surface area contributed by atoms with Gasteiger partial charge in [-0.05, 0) is 313 Å². The van der Waals surface area contributed by atoms with E-state index in [9.17, 15) is 56.3 Å². The molecule has 0 aliphatic carbocycles. The highest BCUT2D eigenvalue weighted by Crippen LogP contribution is 2.50. The van der Waals surface area contributed by atoms with Crippen molar-refractivity contribution in [3.8, 4) is 44.5 Å². The molecule has 32 heteroatoms. The third-order valence-electron chi connectivity index (χ3n) is 33.6. The van der Waals surface area contributed by atoms with Crippen LogP contribution in [0.15, 0.2) is 233 Å². The molecule has 12 aromatic rings. The van der Waals surface area contributed by atoms with Gasteiger partial charge in [-0.2, -0.15) is 17.2 Å². The SMILES string of the molecule is COC[C@@H]1[C@@H](c2ccc(-c3ccc(F)c(C)c3C)cc2)C2CN(S(=O)(=O)c3ccccc3C)CCCCN21.COC[C@@H]1[C@@H](c2ccc(-c3ccc(F)c(C)c3C)cc2)C2CN(S(=O)(=O)c3cnc(C)n3C)CCCCN21.COC[C@@H]1[C@@H](c2ccc(-c3ccc(F)c(C)c3C)cc2)C2CN(S(=O)(=O)c3nccn3C)CCCCN21.Cc1ccccc1S(=O)(=O)N1CCCCN2C(C1)[C@H](c1ccc(-c3ccc(F)c(C)c3C)cc1)[C@H]2CO. The lowest BCUT2D eigenvalue weighted by Crippen LogP contribution is -2.68. The highest BCUT2D eigenvalue weighted by atomic mass is 32.2. The molecule has 4 unspecified atom stereocenters. The summed E-state index contributed by atoms with van der Waals surface area (Å²) in [6.07, 6.45) is 11.6. The zero-order valence-electron chi connectivity index (χ0n) is 89.1. The van der Waals surface area contributed by atoms with Crippen LogP contribution in [0.1, 0.15) is 159 Å². The fourth-order valence-electron chi connectivity index (χ4n) is 24.4. The number of halogens is 4. The third kappa shape index (κ3) is 22.0. The van der Waals surface area contributed by atoms with E-state index in [-0.39, 0.29) is 112 Å². The van der Waals surface area contributed by atoms with E-state index in [1.54, 1.807) is 106 Å². The summed E-state index contributed by atoms with van der Waals surface area (Å²) < 4.78 is 192. The normalized spacial score (nSPS) is 23.0. The number of rotatable bonds is 23. The molecule has 2 aromatic heterocycles. The van der Waals surface area contributed by atoms with E-state index in [0.717, 1.165) is 161 Å². The number of imidazole rings is 2. The Hall–Kier alpha value is -10.3. The molecule has 10 heterocycles. The van der Waals surface area contributed by atoms with E-state index in [0.29, 0.717) is 110 Å². The maximum absolute atomic E-state index is 14.0. The molecule has 1 N–H and O–H groups in total. The number of hydrogen-bond acceptors (Lipinski definition) is 18. The number of ether oxygens (including phenoxy) is 3. The molecule has 8 fully saturated rings. The van der Waals surface area contributed by atoms with E-state index in [4.69, 9.17) is 14.2 Å².